The molecular weight excluding hydrogens is 384 g/mol. The molecule has 148 valence electrons. The number of nitrogens with zero attached hydrogens (tertiary/aromatic N) is 4. The maximum Gasteiger partial charge on any atom is 0.276 e. The number of aromatic nitrogens is 2. The fourth-order valence-corrected chi connectivity index (χ4v) is 6.86. The van der Waals surface area contributed by atoms with Gasteiger partial charge >= 0.3 is 0 Å². The minimum Gasteiger partial charge on any atom is -0.365 e. The van der Waals surface area contributed by atoms with Gasteiger partial charge in [0.1, 0.15) is 16.6 Å². The third-order valence-electron chi connectivity index (χ3n) is 5.75. The van der Waals surface area contributed by atoms with Gasteiger partial charge in [0.2, 0.25) is 10.0 Å². The van der Waals surface area contributed by atoms with E-state index in [1.165, 1.54) is 4.31 Å². The summed E-state index contributed by atoms with van der Waals surface area (Å²) in [5.41, 5.74) is 0.206. The van der Waals surface area contributed by atoms with Crippen LogP contribution in [-0.4, -0.2) is 70.3 Å². The van der Waals surface area contributed by atoms with Crippen LogP contribution in [0.4, 0.5) is 0 Å². The van der Waals surface area contributed by atoms with Crippen LogP contribution in [0, 0.1) is 6.92 Å². The maximum absolute atomic E-state index is 13.2. The van der Waals surface area contributed by atoms with Crippen LogP contribution in [-0.2, 0) is 21.3 Å². The number of sulfonamides is 1. The molecule has 10 heteroatoms. The van der Waals surface area contributed by atoms with Gasteiger partial charge < -0.3 is 14.2 Å². The Hall–Kier alpha value is -2.30. The third-order valence-corrected chi connectivity index (χ3v) is 8.07. The predicted octanol–water partition coefficient (Wildman–Crippen LogP) is 0.576. The van der Waals surface area contributed by atoms with Crippen LogP contribution < -0.4 is 0 Å². The van der Waals surface area contributed by atoms with Gasteiger partial charge in [0.15, 0.2) is 5.69 Å². The molecule has 5 rings (SSSR count). The lowest BCUT2D eigenvalue weighted by molar-refractivity contribution is -0.0981. The Balaban J connectivity index is 1.41. The van der Waals surface area contributed by atoms with Crippen molar-refractivity contribution in [3.05, 3.63) is 47.6 Å². The average Bonchev–Trinajstić information content (AvgIpc) is 3.27. The fraction of sp³-hybridized carbons (Fsp3) is 0.500. The van der Waals surface area contributed by atoms with Crippen LogP contribution in [0.2, 0.25) is 0 Å². The number of fused-ring (bicyclic) bond motifs is 1. The molecule has 3 aliphatic heterocycles. The van der Waals surface area contributed by atoms with E-state index in [1.54, 1.807) is 42.4 Å². The van der Waals surface area contributed by atoms with E-state index in [0.717, 1.165) is 5.56 Å². The second-order valence-corrected chi connectivity index (χ2v) is 9.82. The first-order valence-corrected chi connectivity index (χ1v) is 10.7. The standard InChI is InChI=1S/C18H20N4O5S/c1-12-6-15(20-27-12)17(23)21-9-14-7-16-18(10-21,26-14)11-22(28(16,24)25)8-13-2-4-19-5-3-13/h2-6,14,16H,7-11H2,1H3/t14-,16+,18+/m1/s1. The van der Waals surface area contributed by atoms with Gasteiger partial charge in [-0.1, -0.05) is 5.16 Å². The van der Waals surface area contributed by atoms with E-state index in [4.69, 9.17) is 9.26 Å². The highest BCUT2D eigenvalue weighted by Gasteiger charge is 2.65. The number of hydrogen-bond donors (Lipinski definition) is 0. The minimum atomic E-state index is -3.52. The normalized spacial score (nSPS) is 31.1. The monoisotopic (exact) mass is 404 g/mol. The smallest absolute Gasteiger partial charge is 0.276 e. The molecule has 0 radical (unpaired) electrons. The van der Waals surface area contributed by atoms with Crippen LogP contribution in [0.15, 0.2) is 35.1 Å². The highest BCUT2D eigenvalue weighted by molar-refractivity contribution is 7.90. The number of ether oxygens (including phenoxy) is 1. The maximum atomic E-state index is 13.2. The first-order valence-electron chi connectivity index (χ1n) is 9.16. The van der Waals surface area contributed by atoms with Crippen LogP contribution >= 0.6 is 0 Å². The highest BCUT2D eigenvalue weighted by atomic mass is 32.2. The van der Waals surface area contributed by atoms with E-state index in [9.17, 15) is 13.2 Å². The lowest BCUT2D eigenvalue weighted by Crippen LogP contribution is -2.56. The number of morpholine rings is 1. The number of hydrogen-bond acceptors (Lipinski definition) is 7. The molecule has 0 N–H and O–H groups in total. The van der Waals surface area contributed by atoms with Gasteiger partial charge in [-0.15, -0.1) is 0 Å². The molecule has 2 aromatic rings. The molecule has 3 fully saturated rings. The van der Waals surface area contributed by atoms with Gasteiger partial charge in [0.25, 0.3) is 5.91 Å². The van der Waals surface area contributed by atoms with Gasteiger partial charge in [0, 0.05) is 38.1 Å². The zero-order chi connectivity index (χ0) is 19.5. The predicted molar refractivity (Wildman–Crippen MR) is 96.7 cm³/mol. The van der Waals surface area contributed by atoms with Gasteiger partial charge in [-0.2, -0.15) is 4.31 Å². The van der Waals surface area contributed by atoms with E-state index in [0.29, 0.717) is 18.7 Å². The second kappa shape index (κ2) is 6.10. The third kappa shape index (κ3) is 2.66. The molecule has 0 unspecified atom stereocenters. The number of carbonyl (C=O) groups is 1. The number of pyridine rings is 1. The van der Waals surface area contributed by atoms with E-state index in [2.05, 4.69) is 10.1 Å². The summed E-state index contributed by atoms with van der Waals surface area (Å²) in [4.78, 5) is 18.5. The zero-order valence-corrected chi connectivity index (χ0v) is 16.1. The Labute approximate surface area is 162 Å². The summed E-state index contributed by atoms with van der Waals surface area (Å²) in [6, 6.07) is 5.19. The van der Waals surface area contributed by atoms with Crippen molar-refractivity contribution >= 4 is 15.9 Å². The minimum absolute atomic E-state index is 0.227. The van der Waals surface area contributed by atoms with Crippen molar-refractivity contribution in [2.75, 3.05) is 19.6 Å². The van der Waals surface area contributed by atoms with Gasteiger partial charge in [-0.25, -0.2) is 8.42 Å². The molecule has 3 aliphatic rings. The van der Waals surface area contributed by atoms with Crippen molar-refractivity contribution in [2.45, 2.75) is 36.8 Å². The van der Waals surface area contributed by atoms with E-state index in [-0.39, 0.29) is 37.3 Å². The van der Waals surface area contributed by atoms with Crippen molar-refractivity contribution in [1.82, 2.24) is 19.3 Å². The molecule has 3 atom stereocenters. The van der Waals surface area contributed by atoms with Crippen molar-refractivity contribution in [3.63, 3.8) is 0 Å². The molecule has 9 nitrogen and oxygen atoms in total. The largest absolute Gasteiger partial charge is 0.365 e. The van der Waals surface area contributed by atoms with Crippen LogP contribution in [0.3, 0.4) is 0 Å². The van der Waals surface area contributed by atoms with Gasteiger partial charge in [0.05, 0.1) is 12.6 Å². The molecule has 0 aliphatic carbocycles. The molecular formula is C18H20N4O5S. The topological polar surface area (TPSA) is 106 Å². The number of amides is 1. The Kier molecular flexibility index (Phi) is 3.87. The van der Waals surface area contributed by atoms with Crippen molar-refractivity contribution in [2.24, 2.45) is 0 Å². The summed E-state index contributed by atoms with van der Waals surface area (Å²) in [5.74, 6) is 0.303. The number of carbonyl (C=O) groups excluding carboxylic acids is 1. The SMILES string of the molecule is Cc1cc(C(=O)N2C[C@H]3C[C@H]4[C@](C2)(CN(Cc2ccncc2)S4(=O)=O)O3)no1. The summed E-state index contributed by atoms with van der Waals surface area (Å²) in [5, 5.41) is 3.17. The molecule has 28 heavy (non-hydrogen) atoms. The zero-order valence-electron chi connectivity index (χ0n) is 15.3. The molecule has 1 spiro atoms. The van der Waals surface area contributed by atoms with Gasteiger partial charge in [-0.05, 0) is 31.0 Å². The Morgan fingerprint density at radius 3 is 2.82 bits per heavy atom. The number of likely N-dealkylation sites (tertiary alicyclic amines) is 1. The first-order chi connectivity index (χ1) is 13.4. The molecule has 3 saturated heterocycles. The van der Waals surface area contributed by atoms with Crippen molar-refractivity contribution in [1.29, 1.82) is 0 Å². The van der Waals surface area contributed by atoms with E-state index < -0.39 is 20.9 Å². The molecule has 1 amide bonds. The Morgan fingerprint density at radius 2 is 2.11 bits per heavy atom. The summed E-state index contributed by atoms with van der Waals surface area (Å²) in [6.45, 7) is 2.82. The molecule has 0 saturated carbocycles. The lowest BCUT2D eigenvalue weighted by atomic mass is 9.99. The molecule has 5 heterocycles. The van der Waals surface area contributed by atoms with Gasteiger partial charge in [-0.3, -0.25) is 9.78 Å². The quantitative estimate of drug-likeness (QED) is 0.736. The van der Waals surface area contributed by atoms with Crippen LogP contribution in [0.1, 0.15) is 28.2 Å². The lowest BCUT2D eigenvalue weighted by Gasteiger charge is -2.39. The number of rotatable bonds is 3. The average molecular weight is 404 g/mol. The summed E-state index contributed by atoms with van der Waals surface area (Å²) in [6.07, 6.45) is 3.40. The van der Waals surface area contributed by atoms with E-state index in [1.807, 2.05) is 0 Å². The van der Waals surface area contributed by atoms with Crippen molar-refractivity contribution in [3.8, 4) is 0 Å². The summed E-state index contributed by atoms with van der Waals surface area (Å²) in [7, 11) is -3.52. The molecule has 2 aromatic heterocycles. The highest BCUT2D eigenvalue weighted by Crippen LogP contribution is 2.47. The van der Waals surface area contributed by atoms with Crippen LogP contribution in [0.5, 0.6) is 0 Å². The second-order valence-electron chi connectivity index (χ2n) is 7.71. The number of aryl methyl sites for hydroxylation is 1. The Bertz CT molecular complexity index is 1020. The van der Waals surface area contributed by atoms with E-state index >= 15 is 0 Å². The first kappa shape index (κ1) is 17.8. The summed E-state index contributed by atoms with van der Waals surface area (Å²) >= 11 is 0. The fourth-order valence-electron chi connectivity index (χ4n) is 4.57. The summed E-state index contributed by atoms with van der Waals surface area (Å²) < 4.78 is 39.0. The molecule has 0 aromatic carbocycles. The van der Waals surface area contributed by atoms with Crippen molar-refractivity contribution < 1.29 is 22.5 Å². The molecule has 2 bridgehead atoms. The van der Waals surface area contributed by atoms with Crippen LogP contribution in [0.25, 0.3) is 0 Å². The Morgan fingerprint density at radius 1 is 1.32 bits per heavy atom.